The van der Waals surface area contributed by atoms with Gasteiger partial charge in [-0.1, -0.05) is 6.92 Å². The van der Waals surface area contributed by atoms with E-state index in [1.807, 2.05) is 4.90 Å². The maximum Gasteiger partial charge on any atom is 0.320 e. The van der Waals surface area contributed by atoms with Gasteiger partial charge in [0.15, 0.2) is 0 Å². The fourth-order valence-electron chi connectivity index (χ4n) is 2.65. The third-order valence-electron chi connectivity index (χ3n) is 4.20. The summed E-state index contributed by atoms with van der Waals surface area (Å²) in [4.78, 5) is 27.3. The molecular formula is C14H24N2O3. The number of aliphatic carboxylic acids is 1. The molecule has 0 aromatic carbocycles. The lowest BCUT2D eigenvalue weighted by Gasteiger charge is -2.28. The van der Waals surface area contributed by atoms with E-state index in [-0.39, 0.29) is 6.03 Å². The second kappa shape index (κ2) is 5.39. The predicted molar refractivity (Wildman–Crippen MR) is 71.9 cm³/mol. The fraction of sp³-hybridized carbons (Fsp3) is 0.857. The lowest BCUT2D eigenvalue weighted by atomic mass is 9.90. The molecular weight excluding hydrogens is 244 g/mol. The molecule has 0 radical (unpaired) electrons. The molecule has 1 saturated heterocycles. The van der Waals surface area contributed by atoms with Gasteiger partial charge in [-0.15, -0.1) is 0 Å². The molecule has 1 heterocycles. The lowest BCUT2D eigenvalue weighted by molar-refractivity contribution is -0.147. The Morgan fingerprint density at radius 1 is 1.42 bits per heavy atom. The van der Waals surface area contributed by atoms with E-state index in [1.54, 1.807) is 11.8 Å². The minimum absolute atomic E-state index is 0.0266. The van der Waals surface area contributed by atoms with Crippen LogP contribution in [0, 0.1) is 11.3 Å². The van der Waals surface area contributed by atoms with Gasteiger partial charge in [0.25, 0.3) is 0 Å². The summed E-state index contributed by atoms with van der Waals surface area (Å²) in [5.74, 6) is -0.129. The standard InChI is InChI=1S/C14H24N2O3/c1-3-7-15(9-11-4-5-11)13(19)16-8-6-14(2,10-16)12(17)18/h11H,3-10H2,1-2H3,(H,17,18). The topological polar surface area (TPSA) is 60.9 Å². The molecule has 2 aliphatic rings. The zero-order chi connectivity index (χ0) is 14.0. The molecule has 108 valence electrons. The molecule has 2 rings (SSSR count). The number of urea groups is 1. The number of carboxylic acids is 1. The summed E-state index contributed by atoms with van der Waals surface area (Å²) >= 11 is 0. The number of carbonyl (C=O) groups excluding carboxylic acids is 1. The van der Waals surface area contributed by atoms with Crippen LogP contribution in [0.4, 0.5) is 4.79 Å². The Bertz CT molecular complexity index is 368. The molecule has 0 spiro atoms. The van der Waals surface area contributed by atoms with Gasteiger partial charge in [-0.3, -0.25) is 4.79 Å². The van der Waals surface area contributed by atoms with Crippen molar-refractivity contribution in [3.05, 3.63) is 0 Å². The van der Waals surface area contributed by atoms with Crippen LogP contribution in [0.15, 0.2) is 0 Å². The Labute approximate surface area is 114 Å². The first-order valence-corrected chi connectivity index (χ1v) is 7.23. The number of nitrogens with zero attached hydrogens (tertiary/aromatic N) is 2. The van der Waals surface area contributed by atoms with E-state index in [1.165, 1.54) is 12.8 Å². The fourth-order valence-corrected chi connectivity index (χ4v) is 2.65. The predicted octanol–water partition coefficient (Wildman–Crippen LogP) is 2.03. The number of carbonyl (C=O) groups is 2. The van der Waals surface area contributed by atoms with Crippen LogP contribution in [0.25, 0.3) is 0 Å². The summed E-state index contributed by atoms with van der Waals surface area (Å²) < 4.78 is 0. The molecule has 1 N–H and O–H groups in total. The van der Waals surface area contributed by atoms with Crippen molar-refractivity contribution in [1.82, 2.24) is 9.80 Å². The summed E-state index contributed by atoms with van der Waals surface area (Å²) in [6, 6.07) is 0.0266. The third-order valence-corrected chi connectivity index (χ3v) is 4.20. The second-order valence-electron chi connectivity index (χ2n) is 6.21. The van der Waals surface area contributed by atoms with Gasteiger partial charge in [-0.25, -0.2) is 4.79 Å². The van der Waals surface area contributed by atoms with Crippen molar-refractivity contribution >= 4 is 12.0 Å². The van der Waals surface area contributed by atoms with Crippen molar-refractivity contribution in [3.8, 4) is 0 Å². The number of hydrogen-bond acceptors (Lipinski definition) is 2. The Balaban J connectivity index is 1.95. The number of likely N-dealkylation sites (tertiary alicyclic amines) is 1. The van der Waals surface area contributed by atoms with Crippen molar-refractivity contribution in [3.63, 3.8) is 0 Å². The molecule has 19 heavy (non-hydrogen) atoms. The molecule has 1 unspecified atom stereocenters. The number of rotatable bonds is 5. The van der Waals surface area contributed by atoms with Gasteiger partial charge in [0.05, 0.1) is 5.41 Å². The highest BCUT2D eigenvalue weighted by Gasteiger charge is 2.43. The minimum Gasteiger partial charge on any atom is -0.481 e. The smallest absolute Gasteiger partial charge is 0.320 e. The number of carboxylic acid groups (broad SMARTS) is 1. The first-order valence-electron chi connectivity index (χ1n) is 7.23. The van der Waals surface area contributed by atoms with E-state index in [0.29, 0.717) is 25.4 Å². The molecule has 1 aliphatic heterocycles. The van der Waals surface area contributed by atoms with Crippen molar-refractivity contribution in [1.29, 1.82) is 0 Å². The van der Waals surface area contributed by atoms with Gasteiger partial charge in [0.2, 0.25) is 0 Å². The van der Waals surface area contributed by atoms with Gasteiger partial charge in [-0.2, -0.15) is 0 Å². The monoisotopic (exact) mass is 268 g/mol. The first kappa shape index (κ1) is 14.2. The Morgan fingerprint density at radius 2 is 2.11 bits per heavy atom. The Morgan fingerprint density at radius 3 is 2.58 bits per heavy atom. The molecule has 1 aliphatic carbocycles. The minimum atomic E-state index is -0.799. The van der Waals surface area contributed by atoms with E-state index < -0.39 is 11.4 Å². The summed E-state index contributed by atoms with van der Waals surface area (Å²) in [7, 11) is 0. The highest BCUT2D eigenvalue weighted by molar-refractivity contribution is 5.79. The first-order chi connectivity index (χ1) is 8.96. The maximum absolute atomic E-state index is 12.5. The molecule has 2 amide bonds. The van der Waals surface area contributed by atoms with Crippen molar-refractivity contribution in [2.45, 2.75) is 39.5 Å². The molecule has 2 fully saturated rings. The normalized spacial score (nSPS) is 26.5. The zero-order valence-corrected chi connectivity index (χ0v) is 11.9. The van der Waals surface area contributed by atoms with Crippen molar-refractivity contribution in [2.75, 3.05) is 26.2 Å². The SMILES string of the molecule is CCCN(CC1CC1)C(=O)N1CCC(C)(C(=O)O)C1. The van der Waals surface area contributed by atoms with Crippen LogP contribution in [0.1, 0.15) is 39.5 Å². The van der Waals surface area contributed by atoms with Gasteiger partial charge < -0.3 is 14.9 Å². The molecule has 0 aromatic rings. The molecule has 1 atom stereocenters. The van der Waals surface area contributed by atoms with Crippen LogP contribution in [-0.4, -0.2) is 53.1 Å². The molecule has 5 nitrogen and oxygen atoms in total. The highest BCUT2D eigenvalue weighted by atomic mass is 16.4. The summed E-state index contributed by atoms with van der Waals surface area (Å²) in [5, 5.41) is 9.22. The highest BCUT2D eigenvalue weighted by Crippen LogP contribution is 2.33. The van der Waals surface area contributed by atoms with Gasteiger partial charge in [0.1, 0.15) is 0 Å². The average molecular weight is 268 g/mol. The van der Waals surface area contributed by atoms with E-state index in [4.69, 9.17) is 0 Å². The maximum atomic E-state index is 12.5. The van der Waals surface area contributed by atoms with Crippen LogP contribution in [0.3, 0.4) is 0 Å². The van der Waals surface area contributed by atoms with Crippen LogP contribution in [0.2, 0.25) is 0 Å². The quantitative estimate of drug-likeness (QED) is 0.830. The van der Waals surface area contributed by atoms with E-state index in [0.717, 1.165) is 19.5 Å². The van der Waals surface area contributed by atoms with Crippen LogP contribution in [0.5, 0.6) is 0 Å². The van der Waals surface area contributed by atoms with Crippen molar-refractivity contribution in [2.24, 2.45) is 11.3 Å². The third kappa shape index (κ3) is 3.19. The van der Waals surface area contributed by atoms with Gasteiger partial charge >= 0.3 is 12.0 Å². The van der Waals surface area contributed by atoms with Gasteiger partial charge in [0, 0.05) is 26.2 Å². The van der Waals surface area contributed by atoms with E-state index >= 15 is 0 Å². The molecule has 0 aromatic heterocycles. The molecule has 5 heteroatoms. The van der Waals surface area contributed by atoms with E-state index in [9.17, 15) is 14.7 Å². The molecule has 1 saturated carbocycles. The van der Waals surface area contributed by atoms with Gasteiger partial charge in [-0.05, 0) is 38.5 Å². The number of hydrogen-bond donors (Lipinski definition) is 1. The van der Waals surface area contributed by atoms with E-state index in [2.05, 4.69) is 6.92 Å². The van der Waals surface area contributed by atoms with Crippen LogP contribution < -0.4 is 0 Å². The summed E-state index contributed by atoms with van der Waals surface area (Å²) in [5.41, 5.74) is -0.771. The van der Waals surface area contributed by atoms with Crippen molar-refractivity contribution < 1.29 is 14.7 Å². The Hall–Kier alpha value is -1.26. The zero-order valence-electron chi connectivity index (χ0n) is 11.9. The van der Waals surface area contributed by atoms with Crippen LogP contribution in [-0.2, 0) is 4.79 Å². The largest absolute Gasteiger partial charge is 0.481 e. The summed E-state index contributed by atoms with van der Waals surface area (Å²) in [6.07, 6.45) is 3.95. The average Bonchev–Trinajstić information content (AvgIpc) is 3.08. The second-order valence-corrected chi connectivity index (χ2v) is 6.21. The Kier molecular flexibility index (Phi) is 4.02. The van der Waals surface area contributed by atoms with Crippen LogP contribution >= 0.6 is 0 Å². The lowest BCUT2D eigenvalue weighted by Crippen LogP contribution is -2.44. The summed E-state index contributed by atoms with van der Waals surface area (Å²) in [6.45, 7) is 6.31. The molecule has 0 bridgehead atoms. The number of amides is 2.